The lowest BCUT2D eigenvalue weighted by Gasteiger charge is -2.39. The Bertz CT molecular complexity index is 429. The van der Waals surface area contributed by atoms with Gasteiger partial charge in [-0.05, 0) is 25.8 Å². The lowest BCUT2D eigenvalue weighted by molar-refractivity contribution is 0.0586. The number of aliphatic hydroxyl groups excluding tert-OH is 1. The number of para-hydroxylation sites is 1. The van der Waals surface area contributed by atoms with Crippen molar-refractivity contribution >= 4 is 0 Å². The van der Waals surface area contributed by atoms with Crippen LogP contribution in [0.15, 0.2) is 24.3 Å². The van der Waals surface area contributed by atoms with Crippen molar-refractivity contribution in [2.24, 2.45) is 5.92 Å². The van der Waals surface area contributed by atoms with Crippen LogP contribution in [-0.4, -0.2) is 23.4 Å². The molecule has 106 valence electrons. The first-order valence-corrected chi connectivity index (χ1v) is 7.08. The summed E-state index contributed by atoms with van der Waals surface area (Å²) in [4.78, 5) is 0. The number of fused-ring (bicyclic) bond motifs is 1. The third-order valence-corrected chi connectivity index (χ3v) is 3.79. The van der Waals surface area contributed by atoms with Gasteiger partial charge in [0.25, 0.3) is 0 Å². The average Bonchev–Trinajstić information content (AvgIpc) is 2.33. The number of benzene rings is 1. The number of hydrogen-bond acceptors (Lipinski definition) is 3. The molecule has 19 heavy (non-hydrogen) atoms. The standard InChI is InChI=1S/C16H25NO2/c1-11(2)14(10-18)17-13-9-16(3,4)19-15-8-6-5-7-12(13)15/h5-8,11,13-14,17-18H,9-10H2,1-4H3. The lowest BCUT2D eigenvalue weighted by atomic mass is 9.88. The first kappa shape index (κ1) is 14.4. The van der Waals surface area contributed by atoms with Crippen LogP contribution in [0.5, 0.6) is 5.75 Å². The fourth-order valence-electron chi connectivity index (χ4n) is 2.67. The molecule has 1 aromatic carbocycles. The summed E-state index contributed by atoms with van der Waals surface area (Å²) in [5.41, 5.74) is 1.02. The fraction of sp³-hybridized carbons (Fsp3) is 0.625. The Kier molecular flexibility index (Phi) is 4.16. The van der Waals surface area contributed by atoms with Gasteiger partial charge in [0.1, 0.15) is 11.4 Å². The highest BCUT2D eigenvalue weighted by atomic mass is 16.5. The van der Waals surface area contributed by atoms with E-state index >= 15 is 0 Å². The van der Waals surface area contributed by atoms with Crippen molar-refractivity contribution < 1.29 is 9.84 Å². The number of nitrogens with one attached hydrogen (secondary N) is 1. The Morgan fingerprint density at radius 3 is 2.68 bits per heavy atom. The number of ether oxygens (including phenoxy) is 1. The van der Waals surface area contributed by atoms with Gasteiger partial charge in [0.2, 0.25) is 0 Å². The van der Waals surface area contributed by atoms with E-state index in [2.05, 4.69) is 39.1 Å². The van der Waals surface area contributed by atoms with Gasteiger partial charge in [0, 0.05) is 24.1 Å². The molecular formula is C16H25NO2. The molecule has 0 aromatic heterocycles. The summed E-state index contributed by atoms with van der Waals surface area (Å²) in [6.45, 7) is 8.65. The highest BCUT2D eigenvalue weighted by Crippen LogP contribution is 2.39. The van der Waals surface area contributed by atoms with Gasteiger partial charge in [-0.2, -0.15) is 0 Å². The molecule has 0 radical (unpaired) electrons. The summed E-state index contributed by atoms with van der Waals surface area (Å²) in [5.74, 6) is 1.36. The second-order valence-electron chi connectivity index (χ2n) is 6.36. The predicted octanol–water partition coefficient (Wildman–Crippen LogP) is 2.90. The van der Waals surface area contributed by atoms with Gasteiger partial charge in [0.15, 0.2) is 0 Å². The molecule has 3 heteroatoms. The van der Waals surface area contributed by atoms with Gasteiger partial charge < -0.3 is 15.2 Å². The third-order valence-electron chi connectivity index (χ3n) is 3.79. The van der Waals surface area contributed by atoms with E-state index in [9.17, 15) is 5.11 Å². The molecule has 2 N–H and O–H groups in total. The molecule has 1 aliphatic rings. The van der Waals surface area contributed by atoms with Crippen LogP contribution in [0.1, 0.15) is 45.7 Å². The van der Waals surface area contributed by atoms with Crippen LogP contribution in [0.4, 0.5) is 0 Å². The predicted molar refractivity (Wildman–Crippen MR) is 77.4 cm³/mol. The van der Waals surface area contributed by atoms with Gasteiger partial charge in [-0.25, -0.2) is 0 Å². The van der Waals surface area contributed by atoms with Crippen LogP contribution in [-0.2, 0) is 0 Å². The molecule has 0 fully saturated rings. The molecule has 3 nitrogen and oxygen atoms in total. The molecule has 0 aliphatic carbocycles. The monoisotopic (exact) mass is 263 g/mol. The largest absolute Gasteiger partial charge is 0.487 e. The molecule has 0 bridgehead atoms. The quantitative estimate of drug-likeness (QED) is 0.877. The van der Waals surface area contributed by atoms with E-state index in [1.807, 2.05) is 18.2 Å². The zero-order valence-corrected chi connectivity index (χ0v) is 12.3. The van der Waals surface area contributed by atoms with Crippen molar-refractivity contribution in [3.05, 3.63) is 29.8 Å². The third kappa shape index (κ3) is 3.28. The van der Waals surface area contributed by atoms with Crippen molar-refractivity contribution in [1.29, 1.82) is 0 Å². The molecule has 2 rings (SSSR count). The summed E-state index contributed by atoms with van der Waals surface area (Å²) >= 11 is 0. The molecule has 1 heterocycles. The van der Waals surface area contributed by atoms with Gasteiger partial charge in [0.05, 0.1) is 6.61 Å². The van der Waals surface area contributed by atoms with Crippen LogP contribution in [0, 0.1) is 5.92 Å². The van der Waals surface area contributed by atoms with E-state index in [-0.39, 0.29) is 24.3 Å². The molecule has 0 saturated heterocycles. The molecule has 0 spiro atoms. The van der Waals surface area contributed by atoms with Gasteiger partial charge in [-0.3, -0.25) is 0 Å². The van der Waals surface area contributed by atoms with Crippen molar-refractivity contribution in [2.45, 2.75) is 51.8 Å². The van der Waals surface area contributed by atoms with Crippen LogP contribution in [0.2, 0.25) is 0 Å². The minimum absolute atomic E-state index is 0.118. The molecule has 0 saturated carbocycles. The van der Waals surface area contributed by atoms with E-state index in [1.54, 1.807) is 0 Å². The molecule has 2 unspecified atom stereocenters. The topological polar surface area (TPSA) is 41.5 Å². The molecule has 1 aromatic rings. The maximum Gasteiger partial charge on any atom is 0.124 e. The summed E-state index contributed by atoms with van der Waals surface area (Å²) < 4.78 is 6.02. The smallest absolute Gasteiger partial charge is 0.124 e. The van der Waals surface area contributed by atoms with E-state index in [4.69, 9.17) is 4.74 Å². The van der Waals surface area contributed by atoms with Crippen molar-refractivity contribution in [3.63, 3.8) is 0 Å². The number of aliphatic hydroxyl groups is 1. The summed E-state index contributed by atoms with van der Waals surface area (Å²) in [7, 11) is 0. The van der Waals surface area contributed by atoms with Crippen LogP contribution in [0.25, 0.3) is 0 Å². The second-order valence-corrected chi connectivity index (χ2v) is 6.36. The highest BCUT2D eigenvalue weighted by Gasteiger charge is 2.34. The van der Waals surface area contributed by atoms with Gasteiger partial charge in [-0.1, -0.05) is 32.0 Å². The highest BCUT2D eigenvalue weighted by molar-refractivity contribution is 5.38. The molecule has 0 amide bonds. The van der Waals surface area contributed by atoms with E-state index in [1.165, 1.54) is 5.56 Å². The van der Waals surface area contributed by atoms with Crippen molar-refractivity contribution in [2.75, 3.05) is 6.61 Å². The van der Waals surface area contributed by atoms with Crippen molar-refractivity contribution in [3.8, 4) is 5.75 Å². The minimum Gasteiger partial charge on any atom is -0.487 e. The maximum atomic E-state index is 9.51. The summed E-state index contributed by atoms with van der Waals surface area (Å²) in [5, 5.41) is 13.1. The fourth-order valence-corrected chi connectivity index (χ4v) is 2.67. The lowest BCUT2D eigenvalue weighted by Crippen LogP contribution is -2.45. The Morgan fingerprint density at radius 1 is 1.37 bits per heavy atom. The minimum atomic E-state index is -0.178. The Morgan fingerprint density at radius 2 is 2.05 bits per heavy atom. The molecule has 1 aliphatic heterocycles. The Hall–Kier alpha value is -1.06. The Balaban J connectivity index is 2.25. The second kappa shape index (κ2) is 5.51. The van der Waals surface area contributed by atoms with Crippen molar-refractivity contribution in [1.82, 2.24) is 5.32 Å². The average molecular weight is 263 g/mol. The van der Waals surface area contributed by atoms with Gasteiger partial charge in [-0.15, -0.1) is 0 Å². The molecular weight excluding hydrogens is 238 g/mol. The zero-order chi connectivity index (χ0) is 14.0. The van der Waals surface area contributed by atoms with Crippen LogP contribution in [0.3, 0.4) is 0 Å². The maximum absolute atomic E-state index is 9.51. The Labute approximate surface area is 116 Å². The van der Waals surface area contributed by atoms with Gasteiger partial charge >= 0.3 is 0 Å². The summed E-state index contributed by atoms with van der Waals surface area (Å²) in [6, 6.07) is 8.53. The first-order chi connectivity index (χ1) is 8.93. The normalized spacial score (nSPS) is 22.7. The first-order valence-electron chi connectivity index (χ1n) is 7.08. The summed E-state index contributed by atoms with van der Waals surface area (Å²) in [6.07, 6.45) is 0.910. The number of rotatable bonds is 4. The van der Waals surface area contributed by atoms with E-state index in [0.29, 0.717) is 5.92 Å². The SMILES string of the molecule is CC(C)C(CO)NC1CC(C)(C)Oc2ccccc21. The number of hydrogen-bond donors (Lipinski definition) is 2. The van der Waals surface area contributed by atoms with Crippen LogP contribution >= 0.6 is 0 Å². The van der Waals surface area contributed by atoms with E-state index < -0.39 is 0 Å². The zero-order valence-electron chi connectivity index (χ0n) is 12.3. The molecule has 2 atom stereocenters. The van der Waals surface area contributed by atoms with E-state index in [0.717, 1.165) is 12.2 Å². The van der Waals surface area contributed by atoms with Crippen LogP contribution < -0.4 is 10.1 Å².